The molecule has 2 aromatic heterocycles. The molecule has 1 aliphatic heterocycles. The Balaban J connectivity index is 1.47. The van der Waals surface area contributed by atoms with Crippen LogP contribution >= 0.6 is 0 Å². The third kappa shape index (κ3) is 5.05. The Labute approximate surface area is 246 Å². The van der Waals surface area contributed by atoms with Crippen LogP contribution in [-0.2, 0) is 20.8 Å². The fourth-order valence-electron chi connectivity index (χ4n) is 6.81. The molecule has 3 fully saturated rings. The number of nitriles is 1. The number of pyridine rings is 1. The molecule has 0 radical (unpaired) electrons. The van der Waals surface area contributed by atoms with Crippen LogP contribution in [0.5, 0.6) is 0 Å². The van der Waals surface area contributed by atoms with Gasteiger partial charge >= 0.3 is 6.18 Å². The van der Waals surface area contributed by atoms with Crippen molar-refractivity contribution in [1.82, 2.24) is 9.97 Å². The van der Waals surface area contributed by atoms with E-state index in [0.29, 0.717) is 62.2 Å². The van der Waals surface area contributed by atoms with Gasteiger partial charge in [0.05, 0.1) is 28.4 Å². The van der Waals surface area contributed by atoms with Crippen molar-refractivity contribution in [2.45, 2.75) is 50.6 Å². The average Bonchev–Trinajstić information content (AvgIpc) is 3.68. The number of rotatable bonds is 6. The number of carbonyl (C=O) groups is 1. The highest BCUT2D eigenvalue weighted by molar-refractivity contribution is 7.91. The molecule has 2 unspecified atom stereocenters. The Hall–Kier alpha value is -3.92. The zero-order chi connectivity index (χ0) is 30.6. The zero-order valence-electron chi connectivity index (χ0n) is 23.2. The minimum atomic E-state index is -4.67. The third-order valence-electron chi connectivity index (χ3n) is 9.25. The number of anilines is 1. The highest BCUT2D eigenvalue weighted by Crippen LogP contribution is 2.68. The van der Waals surface area contributed by atoms with Gasteiger partial charge in [-0.05, 0) is 49.9 Å². The van der Waals surface area contributed by atoms with Gasteiger partial charge in [-0.1, -0.05) is 31.0 Å². The Kier molecular flexibility index (Phi) is 7.03. The van der Waals surface area contributed by atoms with Crippen molar-refractivity contribution >= 4 is 21.4 Å². The summed E-state index contributed by atoms with van der Waals surface area (Å²) in [6.45, 7) is 0.726. The van der Waals surface area contributed by atoms with Crippen LogP contribution < -0.4 is 10.6 Å². The topological polar surface area (TPSA) is 143 Å². The van der Waals surface area contributed by atoms with Gasteiger partial charge in [-0.25, -0.2) is 18.4 Å². The predicted octanol–water partition coefficient (Wildman–Crippen LogP) is 5.09. The second-order valence-electron chi connectivity index (χ2n) is 11.7. The number of primary amides is 1. The van der Waals surface area contributed by atoms with Crippen LogP contribution in [0.15, 0.2) is 46.9 Å². The van der Waals surface area contributed by atoms with E-state index in [-0.39, 0.29) is 23.1 Å². The standard InChI is InChI=1S/C30H30F3N5O4S/c31-30(32,33)23-6-3-5-22(36-23)26-37-24(19-7-9-20(10-8-19)38-14-16-43(40,41)17-15-38)25(42-26)21-4-1-2-11-29(21,27(35)39)28(18-34)12-13-28/h3,5-10,21H,1-2,4,11-17H2,(H2,35,39). The van der Waals surface area contributed by atoms with Crippen molar-refractivity contribution < 1.29 is 30.8 Å². The molecule has 13 heteroatoms. The second-order valence-corrected chi connectivity index (χ2v) is 14.0. The number of halogens is 3. The van der Waals surface area contributed by atoms with E-state index in [4.69, 9.17) is 10.2 Å². The molecule has 1 saturated heterocycles. The largest absolute Gasteiger partial charge is 0.439 e. The molecule has 3 aliphatic rings. The van der Waals surface area contributed by atoms with E-state index in [1.165, 1.54) is 12.1 Å². The number of nitrogens with two attached hydrogens (primary N) is 1. The van der Waals surface area contributed by atoms with Crippen molar-refractivity contribution in [3.05, 3.63) is 53.9 Å². The maximum Gasteiger partial charge on any atom is 0.433 e. The minimum absolute atomic E-state index is 0.0626. The molecule has 2 aliphatic carbocycles. The molecular weight excluding hydrogens is 583 g/mol. The summed E-state index contributed by atoms with van der Waals surface area (Å²) < 4.78 is 70.5. The predicted molar refractivity (Wildman–Crippen MR) is 151 cm³/mol. The van der Waals surface area contributed by atoms with Gasteiger partial charge in [0, 0.05) is 30.3 Å². The smallest absolute Gasteiger partial charge is 0.433 e. The first-order chi connectivity index (χ1) is 20.4. The Bertz CT molecular complexity index is 1700. The number of alkyl halides is 3. The fourth-order valence-corrected chi connectivity index (χ4v) is 8.01. The van der Waals surface area contributed by atoms with E-state index in [2.05, 4.69) is 16.0 Å². The molecular formula is C30H30F3N5O4S. The number of oxazole rings is 1. The number of hydrogen-bond acceptors (Lipinski definition) is 8. The van der Waals surface area contributed by atoms with Crippen LogP contribution in [0.25, 0.3) is 22.8 Å². The number of nitrogens with zero attached hydrogens (tertiary/aromatic N) is 4. The van der Waals surface area contributed by atoms with Gasteiger partial charge in [0.15, 0.2) is 9.84 Å². The van der Waals surface area contributed by atoms with Gasteiger partial charge in [-0.3, -0.25) is 4.79 Å². The van der Waals surface area contributed by atoms with E-state index < -0.39 is 44.4 Å². The lowest BCUT2D eigenvalue weighted by molar-refractivity contribution is -0.141. The van der Waals surface area contributed by atoms with Gasteiger partial charge in [0.25, 0.3) is 0 Å². The SMILES string of the molecule is N#CC1(C2(C(N)=O)CCCCC2c2oc(-c3cccc(C(F)(F)F)n3)nc2-c2ccc(N3CCS(=O)(=O)CC3)cc2)CC1. The number of carbonyl (C=O) groups excluding carboxylic acids is 1. The lowest BCUT2D eigenvalue weighted by Gasteiger charge is -2.44. The molecule has 226 valence electrons. The fraction of sp³-hybridized carbons (Fsp3) is 0.467. The molecule has 6 rings (SSSR count). The van der Waals surface area contributed by atoms with Gasteiger partial charge < -0.3 is 15.1 Å². The van der Waals surface area contributed by atoms with E-state index in [1.807, 2.05) is 17.0 Å². The number of aromatic nitrogens is 2. The molecule has 2 saturated carbocycles. The summed E-state index contributed by atoms with van der Waals surface area (Å²) in [5, 5.41) is 10.2. The highest BCUT2D eigenvalue weighted by atomic mass is 32.2. The first kappa shape index (κ1) is 29.2. The van der Waals surface area contributed by atoms with Crippen LogP contribution in [0.2, 0.25) is 0 Å². The lowest BCUT2D eigenvalue weighted by atomic mass is 9.56. The third-order valence-corrected chi connectivity index (χ3v) is 10.9. The highest BCUT2D eigenvalue weighted by Gasteiger charge is 2.67. The summed E-state index contributed by atoms with van der Waals surface area (Å²) in [5.74, 6) is -0.916. The second kappa shape index (κ2) is 10.4. The number of sulfone groups is 1. The van der Waals surface area contributed by atoms with E-state index in [9.17, 15) is 31.6 Å². The van der Waals surface area contributed by atoms with Gasteiger partial charge in [0.1, 0.15) is 22.8 Å². The summed E-state index contributed by atoms with van der Waals surface area (Å²) in [4.78, 5) is 23.6. The minimum Gasteiger partial charge on any atom is -0.439 e. The van der Waals surface area contributed by atoms with Crippen molar-refractivity contribution in [1.29, 1.82) is 5.26 Å². The number of amides is 1. The summed E-state index contributed by atoms with van der Waals surface area (Å²) in [5.41, 5.74) is 4.47. The summed E-state index contributed by atoms with van der Waals surface area (Å²) in [7, 11) is -3.06. The van der Waals surface area contributed by atoms with Gasteiger partial charge in [-0.2, -0.15) is 18.4 Å². The van der Waals surface area contributed by atoms with E-state index in [1.54, 1.807) is 12.1 Å². The first-order valence-electron chi connectivity index (χ1n) is 14.2. The normalized spacial score (nSPS) is 24.7. The summed E-state index contributed by atoms with van der Waals surface area (Å²) >= 11 is 0. The van der Waals surface area contributed by atoms with Gasteiger partial charge in [0.2, 0.25) is 11.8 Å². The first-order valence-corrected chi connectivity index (χ1v) is 16.0. The summed E-state index contributed by atoms with van der Waals surface area (Å²) in [6, 6.07) is 13.1. The molecule has 0 spiro atoms. The van der Waals surface area contributed by atoms with Crippen molar-refractivity contribution in [3.8, 4) is 28.9 Å². The van der Waals surface area contributed by atoms with Crippen LogP contribution in [-0.4, -0.2) is 48.9 Å². The molecule has 9 nitrogen and oxygen atoms in total. The van der Waals surface area contributed by atoms with Crippen LogP contribution in [0.4, 0.5) is 18.9 Å². The maximum absolute atomic E-state index is 13.5. The molecule has 43 heavy (non-hydrogen) atoms. The molecule has 2 atom stereocenters. The number of hydrogen-bond donors (Lipinski definition) is 1. The van der Waals surface area contributed by atoms with Crippen LogP contribution in [0, 0.1) is 22.2 Å². The molecule has 1 aromatic carbocycles. The van der Waals surface area contributed by atoms with Crippen molar-refractivity contribution in [3.63, 3.8) is 0 Å². The molecule has 3 heterocycles. The lowest BCUT2D eigenvalue weighted by Crippen LogP contribution is -2.50. The van der Waals surface area contributed by atoms with E-state index in [0.717, 1.165) is 18.2 Å². The molecule has 3 aromatic rings. The van der Waals surface area contributed by atoms with Crippen LogP contribution in [0.3, 0.4) is 0 Å². The van der Waals surface area contributed by atoms with Crippen LogP contribution in [0.1, 0.15) is 55.9 Å². The molecule has 0 bridgehead atoms. The average molecular weight is 614 g/mol. The Morgan fingerprint density at radius 1 is 1.05 bits per heavy atom. The monoisotopic (exact) mass is 613 g/mol. The quantitative estimate of drug-likeness (QED) is 0.405. The van der Waals surface area contributed by atoms with Crippen molar-refractivity contribution in [2.24, 2.45) is 16.6 Å². The van der Waals surface area contributed by atoms with Gasteiger partial charge in [-0.15, -0.1) is 0 Å². The molecule has 2 N–H and O–H groups in total. The Morgan fingerprint density at radius 2 is 1.74 bits per heavy atom. The maximum atomic E-state index is 13.5. The number of benzene rings is 1. The van der Waals surface area contributed by atoms with E-state index >= 15 is 0 Å². The molecule has 1 amide bonds. The summed E-state index contributed by atoms with van der Waals surface area (Å²) in [6.07, 6.45) is -1.29. The Morgan fingerprint density at radius 3 is 2.35 bits per heavy atom. The zero-order valence-corrected chi connectivity index (χ0v) is 24.0. The van der Waals surface area contributed by atoms with Crippen molar-refractivity contribution in [2.75, 3.05) is 29.5 Å².